The summed E-state index contributed by atoms with van der Waals surface area (Å²) in [7, 11) is 3.96. The van der Waals surface area contributed by atoms with E-state index in [0.717, 1.165) is 34.3 Å². The van der Waals surface area contributed by atoms with E-state index in [9.17, 15) is 9.90 Å². The van der Waals surface area contributed by atoms with Gasteiger partial charge in [-0.3, -0.25) is 4.79 Å². The van der Waals surface area contributed by atoms with Gasteiger partial charge in [-0.2, -0.15) is 4.58 Å². The number of fused-ring (bicyclic) bond motifs is 2. The van der Waals surface area contributed by atoms with E-state index in [1.165, 1.54) is 11.1 Å². The van der Waals surface area contributed by atoms with Crippen LogP contribution in [0.1, 0.15) is 23.6 Å². The largest absolute Gasteiger partial charge is 0.871 e. The molecule has 4 nitrogen and oxygen atoms in total. The molecular formula is C31H26N2O2. The molecule has 172 valence electrons. The molecule has 1 aromatic heterocycles. The summed E-state index contributed by atoms with van der Waals surface area (Å²) in [5.74, 6) is -0.351. The van der Waals surface area contributed by atoms with Gasteiger partial charge in [0.2, 0.25) is 5.69 Å². The third-order valence-corrected chi connectivity index (χ3v) is 7.58. The van der Waals surface area contributed by atoms with Crippen molar-refractivity contribution in [2.45, 2.75) is 18.8 Å². The lowest BCUT2D eigenvalue weighted by Gasteiger charge is -2.31. The van der Waals surface area contributed by atoms with Gasteiger partial charge in [-0.15, -0.1) is 0 Å². The third kappa shape index (κ3) is 3.06. The van der Waals surface area contributed by atoms with Gasteiger partial charge < -0.3 is 9.67 Å². The minimum Gasteiger partial charge on any atom is -0.871 e. The first-order chi connectivity index (χ1) is 16.9. The Morgan fingerprint density at radius 3 is 2.43 bits per heavy atom. The third-order valence-electron chi connectivity index (χ3n) is 7.58. The van der Waals surface area contributed by atoms with Crippen LogP contribution < -0.4 is 5.11 Å². The van der Waals surface area contributed by atoms with Gasteiger partial charge in [0.25, 0.3) is 0 Å². The molecule has 1 unspecified atom stereocenters. The maximum Gasteiger partial charge on any atom is 0.209 e. The van der Waals surface area contributed by atoms with Gasteiger partial charge in [-0.1, -0.05) is 72.5 Å². The van der Waals surface area contributed by atoms with E-state index in [0.29, 0.717) is 0 Å². The molecule has 0 radical (unpaired) electrons. The van der Waals surface area contributed by atoms with Crippen molar-refractivity contribution in [1.29, 1.82) is 0 Å². The molecule has 35 heavy (non-hydrogen) atoms. The molecule has 2 heterocycles. The van der Waals surface area contributed by atoms with Crippen LogP contribution in [0.3, 0.4) is 0 Å². The first kappa shape index (κ1) is 21.4. The van der Waals surface area contributed by atoms with Crippen molar-refractivity contribution in [3.05, 3.63) is 119 Å². The number of allylic oxidation sites excluding steroid dienone is 3. The molecule has 4 heteroatoms. The molecular weight excluding hydrogens is 432 g/mol. The molecule has 0 bridgehead atoms. The number of hydrogen-bond acceptors (Lipinski definition) is 2. The Kier molecular flexibility index (Phi) is 4.68. The number of aryl methyl sites for hydroxylation is 1. The second kappa shape index (κ2) is 7.67. The number of Topliss-reactive ketones (excluding diaryl/α,β-unsaturated/α-hetero) is 1. The second-order valence-electron chi connectivity index (χ2n) is 9.72. The molecule has 0 saturated carbocycles. The summed E-state index contributed by atoms with van der Waals surface area (Å²) in [6.07, 6.45) is 4.50. The molecule has 1 atom stereocenters. The van der Waals surface area contributed by atoms with E-state index in [-0.39, 0.29) is 28.1 Å². The Hall–Kier alpha value is -4.18. The van der Waals surface area contributed by atoms with Gasteiger partial charge in [0.05, 0.1) is 5.41 Å². The Labute approximate surface area is 204 Å². The number of carbonyl (C=O) groups is 1. The second-order valence-corrected chi connectivity index (χ2v) is 9.72. The van der Waals surface area contributed by atoms with Gasteiger partial charge in [0.15, 0.2) is 11.5 Å². The minimum absolute atomic E-state index is 0.176. The van der Waals surface area contributed by atoms with Crippen molar-refractivity contribution < 1.29 is 14.5 Å². The summed E-state index contributed by atoms with van der Waals surface area (Å²) in [5.41, 5.74) is 6.40. The summed E-state index contributed by atoms with van der Waals surface area (Å²) in [6, 6.07) is 26.6. The van der Waals surface area contributed by atoms with Crippen LogP contribution in [0.2, 0.25) is 0 Å². The van der Waals surface area contributed by atoms with Gasteiger partial charge in [0, 0.05) is 58.6 Å². The van der Waals surface area contributed by atoms with E-state index in [2.05, 4.69) is 41.8 Å². The Balaban J connectivity index is 1.47. The zero-order valence-corrected chi connectivity index (χ0v) is 20.1. The van der Waals surface area contributed by atoms with Crippen LogP contribution in [-0.4, -0.2) is 27.7 Å². The topological polar surface area (TPSA) is 48.1 Å². The highest BCUT2D eigenvalue weighted by Crippen LogP contribution is 2.44. The van der Waals surface area contributed by atoms with Gasteiger partial charge >= 0.3 is 0 Å². The number of hydrogen-bond donors (Lipinski definition) is 0. The fourth-order valence-corrected chi connectivity index (χ4v) is 5.78. The lowest BCUT2D eigenvalue weighted by Crippen LogP contribution is -2.36. The number of para-hydroxylation sites is 2. The first-order valence-corrected chi connectivity index (χ1v) is 11.9. The van der Waals surface area contributed by atoms with Crippen LogP contribution in [0, 0.1) is 0 Å². The molecule has 2 aliphatic rings. The summed E-state index contributed by atoms with van der Waals surface area (Å²) >= 11 is 0. The predicted molar refractivity (Wildman–Crippen MR) is 138 cm³/mol. The van der Waals surface area contributed by atoms with Crippen molar-refractivity contribution >= 4 is 33.7 Å². The zero-order chi connectivity index (χ0) is 24.3. The van der Waals surface area contributed by atoms with Crippen molar-refractivity contribution in [1.82, 2.24) is 4.57 Å². The summed E-state index contributed by atoms with van der Waals surface area (Å²) in [6.45, 7) is 2.21. The van der Waals surface area contributed by atoms with Crippen LogP contribution in [0.15, 0.2) is 102 Å². The minimum atomic E-state index is -0.366. The van der Waals surface area contributed by atoms with E-state index in [1.54, 1.807) is 0 Å². The molecule has 0 N–H and O–H groups in total. The highest BCUT2D eigenvalue weighted by Gasteiger charge is 2.47. The monoisotopic (exact) mass is 458 g/mol. The van der Waals surface area contributed by atoms with Crippen LogP contribution >= 0.6 is 0 Å². The molecule has 0 spiro atoms. The number of rotatable bonds is 4. The molecule has 0 amide bonds. The quantitative estimate of drug-likeness (QED) is 0.329. The van der Waals surface area contributed by atoms with Crippen molar-refractivity contribution in [2.75, 3.05) is 7.05 Å². The van der Waals surface area contributed by atoms with Gasteiger partial charge in [-0.05, 0) is 25.0 Å². The van der Waals surface area contributed by atoms with E-state index in [4.69, 9.17) is 0 Å². The van der Waals surface area contributed by atoms with Crippen molar-refractivity contribution in [3.8, 4) is 0 Å². The predicted octanol–water partition coefficient (Wildman–Crippen LogP) is 4.69. The fraction of sp³-hybridized carbons (Fsp3) is 0.161. The number of carbonyl (C=O) groups excluding carboxylic acids is 1. The van der Waals surface area contributed by atoms with E-state index < -0.39 is 0 Å². The molecule has 0 fully saturated rings. The normalized spacial score (nSPS) is 20.7. The van der Waals surface area contributed by atoms with Gasteiger partial charge in [0.1, 0.15) is 7.05 Å². The highest BCUT2D eigenvalue weighted by atomic mass is 16.3. The van der Waals surface area contributed by atoms with Crippen LogP contribution in [0.4, 0.5) is 5.69 Å². The summed E-state index contributed by atoms with van der Waals surface area (Å²) < 4.78 is 4.09. The summed E-state index contributed by atoms with van der Waals surface area (Å²) in [4.78, 5) is 13.4. The Bertz CT molecular complexity index is 1620. The van der Waals surface area contributed by atoms with E-state index >= 15 is 0 Å². The Morgan fingerprint density at radius 2 is 1.66 bits per heavy atom. The van der Waals surface area contributed by atoms with Crippen LogP contribution in [0.25, 0.3) is 16.5 Å². The average Bonchev–Trinajstić information content (AvgIpc) is 3.30. The molecule has 1 aliphatic carbocycles. The first-order valence-electron chi connectivity index (χ1n) is 11.9. The standard InChI is InChI=1S/C31H26N2O2/c1-31(18-20-11-5-4-6-12-20)24-14-8-10-16-26(24)33(3)27(31)17-22-29(34)28(30(22)35)23-19-32(2)25-15-9-7-13-21(23)25/h4-17,19H,18H2,1-3H3. The average molecular weight is 459 g/mol. The van der Waals surface area contributed by atoms with Crippen LogP contribution in [0.5, 0.6) is 0 Å². The number of benzene rings is 3. The maximum absolute atomic E-state index is 13.4. The SMILES string of the molecule is Cn1cc(C2=C([O-])/C(=C\C3=[N+](C)c4ccccc4C3(C)Cc3ccccc3)C2=O)c2ccccc21. The van der Waals surface area contributed by atoms with E-state index in [1.807, 2.05) is 79.5 Å². The van der Waals surface area contributed by atoms with Crippen LogP contribution in [-0.2, 0) is 23.7 Å². The van der Waals surface area contributed by atoms with Crippen molar-refractivity contribution in [2.24, 2.45) is 7.05 Å². The molecule has 3 aromatic carbocycles. The molecule has 0 saturated heterocycles. The maximum atomic E-state index is 13.4. The molecule has 1 aliphatic heterocycles. The number of ketones is 1. The fourth-order valence-electron chi connectivity index (χ4n) is 5.78. The highest BCUT2D eigenvalue weighted by molar-refractivity contribution is 6.41. The summed E-state index contributed by atoms with van der Waals surface area (Å²) in [5, 5.41) is 14.3. The molecule has 6 rings (SSSR count). The smallest absolute Gasteiger partial charge is 0.209 e. The number of aromatic nitrogens is 1. The zero-order valence-electron chi connectivity index (χ0n) is 20.1. The van der Waals surface area contributed by atoms with Crippen molar-refractivity contribution in [3.63, 3.8) is 0 Å². The van der Waals surface area contributed by atoms with Gasteiger partial charge in [-0.25, -0.2) is 0 Å². The number of nitrogens with zero attached hydrogens (tertiary/aromatic N) is 2. The Morgan fingerprint density at radius 1 is 0.971 bits per heavy atom. The molecule has 4 aromatic rings. The lowest BCUT2D eigenvalue weighted by atomic mass is 9.73. The lowest BCUT2D eigenvalue weighted by molar-refractivity contribution is -0.401.